The minimum Gasteiger partial charge on any atom is -0.376 e. The number of anilines is 2. The monoisotopic (exact) mass is 323 g/mol. The highest BCUT2D eigenvalue weighted by molar-refractivity contribution is 7.23. The number of hydrogen-bond donors (Lipinski definition) is 3. The van der Waals surface area contributed by atoms with E-state index >= 15 is 0 Å². The Kier molecular flexibility index (Phi) is 3.39. The predicted molar refractivity (Wildman–Crippen MR) is 92.8 cm³/mol. The molecule has 3 N–H and O–H groups in total. The average Bonchev–Trinajstić information content (AvgIpc) is 3.19. The fraction of sp³-hybridized carbons (Fsp3) is 0.0625. The summed E-state index contributed by atoms with van der Waals surface area (Å²) >= 11 is 1.45. The molecule has 7 heteroatoms. The number of carbonyl (C=O) groups excluding carboxylic acids is 1. The molecular weight excluding hydrogens is 310 g/mol. The molecule has 6 nitrogen and oxygen atoms in total. The van der Waals surface area contributed by atoms with E-state index in [4.69, 9.17) is 0 Å². The molecule has 23 heavy (non-hydrogen) atoms. The number of fused-ring (bicyclic) bond motifs is 3. The zero-order valence-corrected chi connectivity index (χ0v) is 12.9. The van der Waals surface area contributed by atoms with Crippen molar-refractivity contribution in [2.45, 2.75) is 0 Å². The molecular formula is C16H13N5OS. The van der Waals surface area contributed by atoms with E-state index in [1.807, 2.05) is 42.5 Å². The third kappa shape index (κ3) is 2.74. The first kappa shape index (κ1) is 13.7. The number of thiazole rings is 1. The third-order valence-corrected chi connectivity index (χ3v) is 4.47. The van der Waals surface area contributed by atoms with Gasteiger partial charge in [-0.25, -0.2) is 4.98 Å². The summed E-state index contributed by atoms with van der Waals surface area (Å²) in [5.41, 5.74) is 2.73. The number of nitrogens with zero attached hydrogens (tertiary/aromatic N) is 2. The Morgan fingerprint density at radius 3 is 2.91 bits per heavy atom. The van der Waals surface area contributed by atoms with Crippen LogP contribution < -0.4 is 10.6 Å². The lowest BCUT2D eigenvalue weighted by molar-refractivity contribution is -0.114. The van der Waals surface area contributed by atoms with Crippen LogP contribution in [-0.2, 0) is 4.79 Å². The number of amides is 1. The van der Waals surface area contributed by atoms with Gasteiger partial charge in [-0.15, -0.1) is 0 Å². The van der Waals surface area contributed by atoms with Crippen LogP contribution in [-0.4, -0.2) is 27.6 Å². The van der Waals surface area contributed by atoms with E-state index in [2.05, 4.69) is 25.8 Å². The topological polar surface area (TPSA) is 82.7 Å². The standard InChI is InChI=1S/C16H13N5OS/c22-14(9-17-10-4-2-1-3-5-10)20-16-19-13-7-6-12-11(8-18-21-12)15(13)23-16/h1-8,17H,9H2,(H,18,21)(H,19,20,22). The van der Waals surface area contributed by atoms with Crippen molar-refractivity contribution in [2.24, 2.45) is 0 Å². The number of benzene rings is 2. The van der Waals surface area contributed by atoms with Crippen molar-refractivity contribution in [1.82, 2.24) is 15.2 Å². The lowest BCUT2D eigenvalue weighted by atomic mass is 10.2. The minimum absolute atomic E-state index is 0.128. The van der Waals surface area contributed by atoms with Gasteiger partial charge in [-0.3, -0.25) is 9.89 Å². The van der Waals surface area contributed by atoms with Gasteiger partial charge in [-0.1, -0.05) is 29.5 Å². The Hall–Kier alpha value is -2.93. The molecule has 0 aliphatic carbocycles. The molecule has 2 aromatic carbocycles. The predicted octanol–water partition coefficient (Wildman–Crippen LogP) is 3.22. The Morgan fingerprint density at radius 1 is 1.17 bits per heavy atom. The summed E-state index contributed by atoms with van der Waals surface area (Å²) in [6, 6.07) is 13.5. The Bertz CT molecular complexity index is 976. The van der Waals surface area contributed by atoms with Crippen molar-refractivity contribution in [3.8, 4) is 0 Å². The van der Waals surface area contributed by atoms with Gasteiger partial charge in [0.25, 0.3) is 0 Å². The fourth-order valence-electron chi connectivity index (χ4n) is 2.36. The molecule has 2 heterocycles. The maximum Gasteiger partial charge on any atom is 0.245 e. The highest BCUT2D eigenvalue weighted by atomic mass is 32.1. The largest absolute Gasteiger partial charge is 0.376 e. The summed E-state index contributed by atoms with van der Waals surface area (Å²) in [4.78, 5) is 16.5. The van der Waals surface area contributed by atoms with Gasteiger partial charge >= 0.3 is 0 Å². The number of rotatable bonds is 4. The number of para-hydroxylation sites is 1. The Labute approximate surface area is 135 Å². The molecule has 2 aromatic heterocycles. The maximum absolute atomic E-state index is 12.1. The van der Waals surface area contributed by atoms with Crippen molar-refractivity contribution < 1.29 is 4.79 Å². The Morgan fingerprint density at radius 2 is 2.04 bits per heavy atom. The molecule has 0 saturated carbocycles. The van der Waals surface area contributed by atoms with Crippen LogP contribution in [0, 0.1) is 0 Å². The van der Waals surface area contributed by atoms with Gasteiger partial charge in [0.15, 0.2) is 5.13 Å². The van der Waals surface area contributed by atoms with Gasteiger partial charge in [-0.05, 0) is 24.3 Å². The van der Waals surface area contributed by atoms with Crippen LogP contribution in [0.5, 0.6) is 0 Å². The molecule has 0 atom stereocenters. The second-order valence-corrected chi connectivity index (χ2v) is 6.03. The van der Waals surface area contributed by atoms with Crippen LogP contribution in [0.4, 0.5) is 10.8 Å². The molecule has 0 aliphatic rings. The SMILES string of the molecule is O=C(CNc1ccccc1)Nc1nc2ccc3[nH]ncc3c2s1. The van der Waals surface area contributed by atoms with Crippen LogP contribution in [0.1, 0.15) is 0 Å². The van der Waals surface area contributed by atoms with Crippen molar-refractivity contribution in [2.75, 3.05) is 17.2 Å². The quantitative estimate of drug-likeness (QED) is 0.538. The van der Waals surface area contributed by atoms with E-state index in [0.29, 0.717) is 5.13 Å². The first-order chi connectivity index (χ1) is 11.3. The third-order valence-electron chi connectivity index (χ3n) is 3.45. The summed E-state index contributed by atoms with van der Waals surface area (Å²) in [7, 11) is 0. The maximum atomic E-state index is 12.1. The van der Waals surface area contributed by atoms with E-state index < -0.39 is 0 Å². The van der Waals surface area contributed by atoms with Crippen molar-refractivity contribution in [3.05, 3.63) is 48.7 Å². The number of hydrogen-bond acceptors (Lipinski definition) is 5. The molecule has 114 valence electrons. The second kappa shape index (κ2) is 5.69. The lowest BCUT2D eigenvalue weighted by Crippen LogP contribution is -2.21. The molecule has 0 radical (unpaired) electrons. The van der Waals surface area contributed by atoms with Crippen LogP contribution in [0.25, 0.3) is 21.1 Å². The number of aromatic nitrogens is 3. The molecule has 0 unspecified atom stereocenters. The van der Waals surface area contributed by atoms with Gasteiger partial charge in [0.05, 0.1) is 28.5 Å². The minimum atomic E-state index is -0.128. The zero-order chi connectivity index (χ0) is 15.6. The number of nitrogens with one attached hydrogen (secondary N) is 3. The molecule has 0 saturated heterocycles. The van der Waals surface area contributed by atoms with Gasteiger partial charge in [0.2, 0.25) is 5.91 Å². The van der Waals surface area contributed by atoms with Gasteiger partial charge < -0.3 is 10.6 Å². The molecule has 1 amide bonds. The van der Waals surface area contributed by atoms with Gasteiger partial charge in [-0.2, -0.15) is 5.10 Å². The van der Waals surface area contributed by atoms with Crippen LogP contribution in [0.2, 0.25) is 0 Å². The highest BCUT2D eigenvalue weighted by Crippen LogP contribution is 2.31. The molecule has 0 aliphatic heterocycles. The summed E-state index contributed by atoms with van der Waals surface area (Å²) in [6.07, 6.45) is 1.78. The molecule has 0 spiro atoms. The smallest absolute Gasteiger partial charge is 0.245 e. The summed E-state index contributed by atoms with van der Waals surface area (Å²) in [6.45, 7) is 0.195. The van der Waals surface area contributed by atoms with Crippen molar-refractivity contribution >= 4 is 49.2 Å². The summed E-state index contributed by atoms with van der Waals surface area (Å²) in [5.74, 6) is -0.128. The molecule has 0 fully saturated rings. The van der Waals surface area contributed by atoms with Crippen LogP contribution in [0.15, 0.2) is 48.7 Å². The van der Waals surface area contributed by atoms with E-state index in [0.717, 1.165) is 26.8 Å². The molecule has 0 bridgehead atoms. The zero-order valence-electron chi connectivity index (χ0n) is 12.0. The number of carbonyl (C=O) groups is 1. The van der Waals surface area contributed by atoms with E-state index in [1.165, 1.54) is 11.3 Å². The first-order valence-corrected chi connectivity index (χ1v) is 7.93. The second-order valence-electron chi connectivity index (χ2n) is 5.03. The fourth-order valence-corrected chi connectivity index (χ4v) is 3.35. The lowest BCUT2D eigenvalue weighted by Gasteiger charge is -2.05. The van der Waals surface area contributed by atoms with Crippen molar-refractivity contribution in [3.63, 3.8) is 0 Å². The normalized spacial score (nSPS) is 11.0. The summed E-state index contributed by atoms with van der Waals surface area (Å²) in [5, 5.41) is 14.5. The van der Waals surface area contributed by atoms with Gasteiger partial charge in [0, 0.05) is 11.1 Å². The average molecular weight is 323 g/mol. The molecule has 4 aromatic rings. The first-order valence-electron chi connectivity index (χ1n) is 7.11. The van der Waals surface area contributed by atoms with Crippen molar-refractivity contribution in [1.29, 1.82) is 0 Å². The highest BCUT2D eigenvalue weighted by Gasteiger charge is 2.10. The summed E-state index contributed by atoms with van der Waals surface area (Å²) < 4.78 is 1.02. The van der Waals surface area contributed by atoms with E-state index in [9.17, 15) is 4.79 Å². The van der Waals surface area contributed by atoms with E-state index in [-0.39, 0.29) is 12.5 Å². The number of H-pyrrole nitrogens is 1. The molecule has 4 rings (SSSR count). The van der Waals surface area contributed by atoms with Crippen LogP contribution >= 0.6 is 11.3 Å². The van der Waals surface area contributed by atoms with Crippen LogP contribution in [0.3, 0.4) is 0 Å². The van der Waals surface area contributed by atoms with E-state index in [1.54, 1.807) is 6.20 Å². The Balaban J connectivity index is 1.50. The number of aromatic amines is 1. The van der Waals surface area contributed by atoms with Gasteiger partial charge in [0.1, 0.15) is 0 Å².